The summed E-state index contributed by atoms with van der Waals surface area (Å²) in [6.07, 6.45) is -15.0. The fourth-order valence-electron chi connectivity index (χ4n) is 4.47. The van der Waals surface area contributed by atoms with Crippen LogP contribution in [0.1, 0.15) is 0 Å². The van der Waals surface area contributed by atoms with Gasteiger partial charge in [-0.2, -0.15) is 0 Å². The Balaban J connectivity index is 1.76. The lowest BCUT2D eigenvalue weighted by molar-refractivity contribution is -0.355. The second kappa shape index (κ2) is 11.9. The van der Waals surface area contributed by atoms with Crippen LogP contribution in [0.15, 0.2) is 12.7 Å². The van der Waals surface area contributed by atoms with E-state index < -0.39 is 111 Å². The predicted molar refractivity (Wildman–Crippen MR) is 116 cm³/mol. The van der Waals surface area contributed by atoms with Gasteiger partial charge in [-0.3, -0.25) is 0 Å². The molecule has 3 fully saturated rings. The summed E-state index contributed by atoms with van der Waals surface area (Å²) in [6.45, 7) is 1.33. The molecule has 0 bridgehead atoms. The van der Waals surface area contributed by atoms with Crippen LogP contribution < -0.4 is 17.2 Å². The van der Waals surface area contributed by atoms with E-state index in [9.17, 15) is 40.9 Å². The molecular weight excluding hydrogens is 490 g/mol. The van der Waals surface area contributed by atoms with E-state index in [1.54, 1.807) is 0 Å². The van der Waals surface area contributed by atoms with Crippen molar-refractivity contribution in [3.63, 3.8) is 0 Å². The zero-order valence-electron chi connectivity index (χ0n) is 19.3. The highest BCUT2D eigenvalue weighted by Crippen LogP contribution is 2.34. The van der Waals surface area contributed by atoms with Gasteiger partial charge >= 0.3 is 0 Å². The van der Waals surface area contributed by atoms with Crippen molar-refractivity contribution in [1.29, 1.82) is 0 Å². The largest absolute Gasteiger partial charge is 0.394 e. The minimum atomic E-state index is -1.83. The number of aliphatic hydroxyl groups excluding tert-OH is 8. The Kier molecular flexibility index (Phi) is 9.78. The Bertz CT molecular complexity index is 735. The lowest BCUT2D eigenvalue weighted by Gasteiger charge is -2.50. The highest BCUT2D eigenvalue weighted by atomic mass is 16.7. The molecule has 0 aliphatic carbocycles. The van der Waals surface area contributed by atoms with Gasteiger partial charge in [0.05, 0.1) is 37.9 Å². The minimum absolute atomic E-state index is 0.661. The van der Waals surface area contributed by atoms with Gasteiger partial charge in [0.25, 0.3) is 0 Å². The molecule has 15 atom stereocenters. The van der Waals surface area contributed by atoms with Crippen molar-refractivity contribution in [3.05, 3.63) is 12.7 Å². The summed E-state index contributed by atoms with van der Waals surface area (Å²) in [4.78, 5) is 0. The smallest absolute Gasteiger partial charge is 0.177 e. The quantitative estimate of drug-likeness (QED) is 0.131. The van der Waals surface area contributed by atoms with Gasteiger partial charge in [-0.25, -0.2) is 0 Å². The SMILES string of the molecule is C=C[C@]1(CO)O[C@H](OC2[C@@H](CO)O[C@@H](OC3[C@@H](CO)O[C@@H](O)[C@H](N)[C@H]3O)[C@H](N)[C@H]2O)[C@H](N)[C@@H](O)[C@@H]1O. The van der Waals surface area contributed by atoms with Gasteiger partial charge in [0.1, 0.15) is 54.4 Å². The fourth-order valence-corrected chi connectivity index (χ4v) is 4.47. The molecule has 3 aliphatic rings. The first-order valence-electron chi connectivity index (χ1n) is 11.4. The van der Waals surface area contributed by atoms with E-state index in [2.05, 4.69) is 6.58 Å². The van der Waals surface area contributed by atoms with Gasteiger partial charge in [0, 0.05) is 0 Å². The van der Waals surface area contributed by atoms with Crippen molar-refractivity contribution >= 4 is 0 Å². The molecular formula is C20H37N3O13. The summed E-state index contributed by atoms with van der Waals surface area (Å²) in [5.41, 5.74) is 15.9. The topological polar surface area (TPSA) is 286 Å². The number of ether oxygens (including phenoxy) is 5. The maximum absolute atomic E-state index is 10.9. The highest BCUT2D eigenvalue weighted by molar-refractivity contribution is 5.11. The normalized spacial score (nSPS) is 52.2. The van der Waals surface area contributed by atoms with Gasteiger partial charge in [0.15, 0.2) is 18.9 Å². The number of rotatable bonds is 8. The molecule has 3 saturated heterocycles. The Hall–Kier alpha value is -0.900. The lowest BCUT2D eigenvalue weighted by atomic mass is 9.86. The standard InChI is InChI=1S/C20H37N3O13/c1-2-20(5-26)16(30)13(29)10(23)19(36-20)35-15-7(4-25)33-18(9(22)12(15)28)34-14-6(3-24)32-17(31)8(21)11(14)27/h2,6-19,24-31H,1,3-5,21-23H2/t6-,7-,8-,9-,10-,11-,12-,13-,14?,15?,16+,17-,18+,19+,20-/m1/s1. The van der Waals surface area contributed by atoms with E-state index in [4.69, 9.17) is 40.9 Å². The molecule has 16 nitrogen and oxygen atoms in total. The van der Waals surface area contributed by atoms with E-state index in [1.807, 2.05) is 0 Å². The average molecular weight is 528 g/mol. The zero-order valence-corrected chi connectivity index (χ0v) is 19.3. The summed E-state index contributed by atoms with van der Waals surface area (Å²) >= 11 is 0. The molecule has 16 heteroatoms. The predicted octanol–water partition coefficient (Wildman–Crippen LogP) is -7.12. The van der Waals surface area contributed by atoms with Crippen LogP contribution in [0.5, 0.6) is 0 Å². The van der Waals surface area contributed by atoms with E-state index in [0.717, 1.165) is 6.08 Å². The van der Waals surface area contributed by atoms with Crippen molar-refractivity contribution in [1.82, 2.24) is 0 Å². The molecule has 210 valence electrons. The molecule has 3 rings (SSSR count). The second-order valence-electron chi connectivity index (χ2n) is 9.13. The van der Waals surface area contributed by atoms with E-state index in [-0.39, 0.29) is 0 Å². The van der Waals surface area contributed by atoms with Crippen molar-refractivity contribution in [2.45, 2.75) is 91.4 Å². The Morgan fingerprint density at radius 3 is 1.78 bits per heavy atom. The molecule has 36 heavy (non-hydrogen) atoms. The molecule has 0 aromatic rings. The molecule has 0 spiro atoms. The van der Waals surface area contributed by atoms with Crippen LogP contribution >= 0.6 is 0 Å². The number of hydrogen-bond donors (Lipinski definition) is 11. The zero-order chi connectivity index (χ0) is 26.9. The third-order valence-corrected chi connectivity index (χ3v) is 6.86. The monoisotopic (exact) mass is 527 g/mol. The molecule has 2 unspecified atom stereocenters. The third-order valence-electron chi connectivity index (χ3n) is 6.86. The van der Waals surface area contributed by atoms with Crippen molar-refractivity contribution in [3.8, 4) is 0 Å². The van der Waals surface area contributed by atoms with Crippen LogP contribution in [0, 0.1) is 0 Å². The molecule has 0 amide bonds. The third kappa shape index (κ3) is 5.32. The molecule has 0 aromatic carbocycles. The first kappa shape index (κ1) is 29.7. The van der Waals surface area contributed by atoms with E-state index >= 15 is 0 Å². The summed E-state index contributed by atoms with van der Waals surface area (Å²) < 4.78 is 27.8. The van der Waals surface area contributed by atoms with Crippen LogP contribution in [-0.2, 0) is 23.7 Å². The van der Waals surface area contributed by atoms with E-state index in [1.165, 1.54) is 0 Å². The maximum atomic E-state index is 10.9. The first-order valence-corrected chi connectivity index (χ1v) is 11.4. The average Bonchev–Trinajstić information content (AvgIpc) is 2.88. The van der Waals surface area contributed by atoms with Crippen LogP contribution in [0.25, 0.3) is 0 Å². The van der Waals surface area contributed by atoms with E-state index in [0.29, 0.717) is 0 Å². The molecule has 3 aliphatic heterocycles. The minimum Gasteiger partial charge on any atom is -0.394 e. The maximum Gasteiger partial charge on any atom is 0.177 e. The Morgan fingerprint density at radius 1 is 0.750 bits per heavy atom. The van der Waals surface area contributed by atoms with Gasteiger partial charge in [-0.15, -0.1) is 6.58 Å². The van der Waals surface area contributed by atoms with Gasteiger partial charge in [-0.1, -0.05) is 6.08 Å². The van der Waals surface area contributed by atoms with Gasteiger partial charge < -0.3 is 81.7 Å². The lowest BCUT2D eigenvalue weighted by Crippen LogP contribution is -2.71. The number of nitrogens with two attached hydrogens (primary N) is 3. The Morgan fingerprint density at radius 2 is 1.25 bits per heavy atom. The van der Waals surface area contributed by atoms with Crippen LogP contribution in [0.4, 0.5) is 0 Å². The van der Waals surface area contributed by atoms with Crippen molar-refractivity contribution in [2.24, 2.45) is 17.2 Å². The fraction of sp³-hybridized carbons (Fsp3) is 0.900. The van der Waals surface area contributed by atoms with Crippen molar-refractivity contribution in [2.75, 3.05) is 19.8 Å². The molecule has 0 aromatic heterocycles. The molecule has 14 N–H and O–H groups in total. The summed E-state index contributed by atoms with van der Waals surface area (Å²) in [7, 11) is 0. The molecule has 3 heterocycles. The van der Waals surface area contributed by atoms with Crippen molar-refractivity contribution < 1.29 is 64.5 Å². The second-order valence-corrected chi connectivity index (χ2v) is 9.13. The Labute approximate surface area is 206 Å². The number of hydrogen-bond acceptors (Lipinski definition) is 16. The highest BCUT2D eigenvalue weighted by Gasteiger charge is 2.55. The molecule has 0 radical (unpaired) electrons. The van der Waals surface area contributed by atoms with Crippen LogP contribution in [0.2, 0.25) is 0 Å². The summed E-state index contributed by atoms with van der Waals surface area (Å²) in [5, 5.41) is 80.9. The molecule has 0 saturated carbocycles. The van der Waals surface area contributed by atoms with Crippen LogP contribution in [0.3, 0.4) is 0 Å². The number of aliphatic hydroxyl groups is 8. The van der Waals surface area contributed by atoms with Crippen LogP contribution in [-0.4, -0.2) is 152 Å². The summed E-state index contributed by atoms with van der Waals surface area (Å²) in [6, 6.07) is -3.98. The van der Waals surface area contributed by atoms with Gasteiger partial charge in [-0.05, 0) is 0 Å². The van der Waals surface area contributed by atoms with Gasteiger partial charge in [0.2, 0.25) is 0 Å². The summed E-state index contributed by atoms with van der Waals surface area (Å²) in [5.74, 6) is 0. The first-order chi connectivity index (χ1) is 17.0.